The largest absolute Gasteiger partial charge is 0.484 e. The van der Waals surface area contributed by atoms with Gasteiger partial charge in [0.1, 0.15) is 5.75 Å². The number of benzene rings is 2. The van der Waals surface area contributed by atoms with Gasteiger partial charge in [-0.2, -0.15) is 0 Å². The maximum Gasteiger partial charge on any atom is 0.262 e. The number of nitrogens with one attached hydrogen (secondary N) is 1. The Labute approximate surface area is 161 Å². The number of piperidine rings is 1. The summed E-state index contributed by atoms with van der Waals surface area (Å²) in [6.45, 7) is 1.43. The minimum atomic E-state index is -0.299. The van der Waals surface area contributed by atoms with E-state index in [1.165, 1.54) is 0 Å². The molecule has 1 saturated heterocycles. The molecule has 0 bridgehead atoms. The lowest BCUT2D eigenvalue weighted by molar-refractivity contribution is -0.118. The smallest absolute Gasteiger partial charge is 0.262 e. The molecule has 136 valence electrons. The Kier molecular flexibility index (Phi) is 6.28. The topological polar surface area (TPSA) is 58.6 Å². The average Bonchev–Trinajstić information content (AvgIpc) is 2.68. The number of amides is 2. The number of nitrogens with zero attached hydrogens (tertiary/aromatic N) is 1. The van der Waals surface area contributed by atoms with Crippen molar-refractivity contribution in [3.63, 3.8) is 0 Å². The zero-order valence-electron chi connectivity index (χ0n) is 14.4. The SMILES string of the molecule is O=C(COc1ccc(Br)cc1)Nc1ccccc1C(=O)N1CCCCC1. The number of hydrogen-bond acceptors (Lipinski definition) is 3. The van der Waals surface area contributed by atoms with Crippen LogP contribution in [-0.4, -0.2) is 36.4 Å². The second-order valence-corrected chi connectivity index (χ2v) is 7.10. The van der Waals surface area contributed by atoms with Gasteiger partial charge in [-0.15, -0.1) is 0 Å². The minimum absolute atomic E-state index is 0.0329. The summed E-state index contributed by atoms with van der Waals surface area (Å²) >= 11 is 3.35. The Morgan fingerprint density at radius 3 is 2.42 bits per heavy atom. The number of carbonyl (C=O) groups is 2. The van der Waals surface area contributed by atoms with Crippen LogP contribution in [0, 0.1) is 0 Å². The molecule has 0 aromatic heterocycles. The van der Waals surface area contributed by atoms with E-state index >= 15 is 0 Å². The van der Waals surface area contributed by atoms with Crippen LogP contribution in [0.15, 0.2) is 53.0 Å². The number of rotatable bonds is 5. The van der Waals surface area contributed by atoms with Crippen molar-refractivity contribution in [1.29, 1.82) is 0 Å². The molecule has 2 aromatic carbocycles. The van der Waals surface area contributed by atoms with Crippen molar-refractivity contribution in [3.8, 4) is 5.75 Å². The monoisotopic (exact) mass is 416 g/mol. The lowest BCUT2D eigenvalue weighted by Crippen LogP contribution is -2.36. The molecule has 6 heteroatoms. The van der Waals surface area contributed by atoms with Gasteiger partial charge in [0.25, 0.3) is 11.8 Å². The first-order chi connectivity index (χ1) is 12.6. The predicted octanol–water partition coefficient (Wildman–Crippen LogP) is 4.09. The van der Waals surface area contributed by atoms with E-state index in [2.05, 4.69) is 21.2 Å². The van der Waals surface area contributed by atoms with Gasteiger partial charge >= 0.3 is 0 Å². The van der Waals surface area contributed by atoms with Gasteiger partial charge in [0.15, 0.2) is 6.61 Å². The number of ether oxygens (including phenoxy) is 1. The zero-order valence-corrected chi connectivity index (χ0v) is 16.0. The third-order valence-electron chi connectivity index (χ3n) is 4.26. The predicted molar refractivity (Wildman–Crippen MR) is 104 cm³/mol. The van der Waals surface area contributed by atoms with Gasteiger partial charge in [0, 0.05) is 17.6 Å². The maximum atomic E-state index is 12.8. The first-order valence-corrected chi connectivity index (χ1v) is 9.49. The van der Waals surface area contributed by atoms with E-state index in [0.717, 1.165) is 36.8 Å². The maximum absolute atomic E-state index is 12.8. The van der Waals surface area contributed by atoms with Crippen molar-refractivity contribution >= 4 is 33.4 Å². The van der Waals surface area contributed by atoms with Crippen LogP contribution in [0.25, 0.3) is 0 Å². The van der Waals surface area contributed by atoms with E-state index in [1.807, 2.05) is 23.1 Å². The molecule has 26 heavy (non-hydrogen) atoms. The van der Waals surface area contributed by atoms with Crippen LogP contribution in [0.5, 0.6) is 5.75 Å². The molecule has 1 N–H and O–H groups in total. The van der Waals surface area contributed by atoms with E-state index in [-0.39, 0.29) is 18.4 Å². The van der Waals surface area contributed by atoms with Crippen molar-refractivity contribution in [2.24, 2.45) is 0 Å². The Morgan fingerprint density at radius 2 is 1.69 bits per heavy atom. The minimum Gasteiger partial charge on any atom is -0.484 e. The first kappa shape index (κ1) is 18.5. The van der Waals surface area contributed by atoms with E-state index in [1.54, 1.807) is 30.3 Å². The summed E-state index contributed by atoms with van der Waals surface area (Å²) in [4.78, 5) is 26.8. The van der Waals surface area contributed by atoms with Crippen LogP contribution in [0.3, 0.4) is 0 Å². The molecule has 3 rings (SSSR count). The summed E-state index contributed by atoms with van der Waals surface area (Å²) < 4.78 is 6.43. The molecule has 0 radical (unpaired) electrons. The van der Waals surface area contributed by atoms with Crippen LogP contribution >= 0.6 is 15.9 Å². The van der Waals surface area contributed by atoms with E-state index in [0.29, 0.717) is 17.0 Å². The first-order valence-electron chi connectivity index (χ1n) is 8.70. The Bertz CT molecular complexity index is 771. The van der Waals surface area contributed by atoms with Gasteiger partial charge in [-0.25, -0.2) is 0 Å². The highest BCUT2D eigenvalue weighted by Gasteiger charge is 2.21. The molecule has 1 fully saturated rings. The molecule has 0 saturated carbocycles. The third-order valence-corrected chi connectivity index (χ3v) is 4.79. The Hall–Kier alpha value is -2.34. The fraction of sp³-hybridized carbons (Fsp3) is 0.300. The normalized spacial score (nSPS) is 14.0. The van der Waals surface area contributed by atoms with E-state index in [9.17, 15) is 9.59 Å². The summed E-state index contributed by atoms with van der Waals surface area (Å²) in [6, 6.07) is 14.4. The lowest BCUT2D eigenvalue weighted by atomic mass is 10.1. The zero-order chi connectivity index (χ0) is 18.4. The molecule has 0 spiro atoms. The second-order valence-electron chi connectivity index (χ2n) is 6.19. The highest BCUT2D eigenvalue weighted by Crippen LogP contribution is 2.20. The van der Waals surface area contributed by atoms with E-state index < -0.39 is 0 Å². The van der Waals surface area contributed by atoms with Gasteiger partial charge in [-0.3, -0.25) is 9.59 Å². The number of halogens is 1. The molecule has 5 nitrogen and oxygen atoms in total. The Balaban J connectivity index is 1.62. The third kappa shape index (κ3) is 4.85. The van der Waals surface area contributed by atoms with Gasteiger partial charge in [0.05, 0.1) is 11.3 Å². The van der Waals surface area contributed by atoms with Crippen molar-refractivity contribution in [2.75, 3.05) is 25.0 Å². The van der Waals surface area contributed by atoms with Crippen LogP contribution in [-0.2, 0) is 4.79 Å². The van der Waals surface area contributed by atoms with Gasteiger partial charge in [-0.05, 0) is 55.7 Å². The molecule has 2 amide bonds. The average molecular weight is 417 g/mol. The van der Waals surface area contributed by atoms with Crippen molar-refractivity contribution in [3.05, 3.63) is 58.6 Å². The summed E-state index contributed by atoms with van der Waals surface area (Å²) in [5.41, 5.74) is 1.04. The molecule has 1 aliphatic rings. The summed E-state index contributed by atoms with van der Waals surface area (Å²) in [6.07, 6.45) is 3.22. The van der Waals surface area contributed by atoms with Crippen LogP contribution in [0.1, 0.15) is 29.6 Å². The molecule has 1 aliphatic heterocycles. The summed E-state index contributed by atoms with van der Waals surface area (Å²) in [7, 11) is 0. The van der Waals surface area contributed by atoms with Gasteiger partial charge < -0.3 is 15.0 Å². The second kappa shape index (κ2) is 8.85. The number of hydrogen-bond donors (Lipinski definition) is 1. The van der Waals surface area contributed by atoms with Gasteiger partial charge in [0.2, 0.25) is 0 Å². The standard InChI is InChI=1S/C20H21BrN2O3/c21-15-8-10-16(11-9-15)26-14-19(24)22-18-7-3-2-6-17(18)20(25)23-12-4-1-5-13-23/h2-3,6-11H,1,4-5,12-14H2,(H,22,24). The molecular weight excluding hydrogens is 396 g/mol. The molecule has 0 atom stereocenters. The molecular formula is C20H21BrN2O3. The fourth-order valence-corrected chi connectivity index (χ4v) is 3.18. The number of carbonyl (C=O) groups excluding carboxylic acids is 2. The molecule has 0 unspecified atom stereocenters. The van der Waals surface area contributed by atoms with Gasteiger partial charge in [-0.1, -0.05) is 28.1 Å². The van der Waals surface area contributed by atoms with Crippen molar-refractivity contribution < 1.29 is 14.3 Å². The van der Waals surface area contributed by atoms with Crippen LogP contribution in [0.4, 0.5) is 5.69 Å². The Morgan fingerprint density at radius 1 is 1.00 bits per heavy atom. The fourth-order valence-electron chi connectivity index (χ4n) is 2.91. The van der Waals surface area contributed by atoms with E-state index in [4.69, 9.17) is 4.74 Å². The lowest BCUT2D eigenvalue weighted by Gasteiger charge is -2.27. The summed E-state index contributed by atoms with van der Waals surface area (Å²) in [5.74, 6) is 0.280. The molecule has 1 heterocycles. The molecule has 2 aromatic rings. The number of para-hydroxylation sites is 1. The highest BCUT2D eigenvalue weighted by molar-refractivity contribution is 9.10. The summed E-state index contributed by atoms with van der Waals surface area (Å²) in [5, 5.41) is 2.79. The van der Waals surface area contributed by atoms with Crippen LogP contribution in [0.2, 0.25) is 0 Å². The number of anilines is 1. The van der Waals surface area contributed by atoms with Crippen molar-refractivity contribution in [1.82, 2.24) is 4.90 Å². The van der Waals surface area contributed by atoms with Crippen LogP contribution < -0.4 is 10.1 Å². The van der Waals surface area contributed by atoms with Crippen molar-refractivity contribution in [2.45, 2.75) is 19.3 Å². The quantitative estimate of drug-likeness (QED) is 0.797. The highest BCUT2D eigenvalue weighted by atomic mass is 79.9. The molecule has 0 aliphatic carbocycles. The number of likely N-dealkylation sites (tertiary alicyclic amines) is 1.